The smallest absolute Gasteiger partial charge is 0.325 e. The average Bonchev–Trinajstić information content (AvgIpc) is 3.18. The Labute approximate surface area is 172 Å². The summed E-state index contributed by atoms with van der Waals surface area (Å²) in [5.74, 6) is 1.37. The molecule has 29 heavy (non-hydrogen) atoms. The third-order valence-corrected chi connectivity index (χ3v) is 5.61. The molecule has 1 aromatic carbocycles. The van der Waals surface area contributed by atoms with Gasteiger partial charge in [-0.1, -0.05) is 16.8 Å². The monoisotopic (exact) mass is 413 g/mol. The molecule has 1 unspecified atom stereocenters. The topological polar surface area (TPSA) is 74.9 Å². The first-order valence-electron chi connectivity index (χ1n) is 9.57. The van der Waals surface area contributed by atoms with Crippen molar-refractivity contribution in [3.63, 3.8) is 0 Å². The molecule has 150 valence electrons. The van der Waals surface area contributed by atoms with Gasteiger partial charge in [-0.3, -0.25) is 4.90 Å². The van der Waals surface area contributed by atoms with Gasteiger partial charge in [0.05, 0.1) is 11.7 Å². The second-order valence-corrected chi connectivity index (χ2v) is 7.69. The number of aromatic nitrogens is 2. The molecule has 3 aromatic rings. The zero-order valence-electron chi connectivity index (χ0n) is 15.9. The Bertz CT molecular complexity index is 1060. The van der Waals surface area contributed by atoms with Crippen LogP contribution < -0.4 is 14.5 Å². The van der Waals surface area contributed by atoms with Gasteiger partial charge in [-0.05, 0) is 31.2 Å². The standard InChI is InChI=1S/C20H20ClN5O3/c1-13-12-28-17-11-14(21)4-5-15(17)26(13)20(27)25-9-7-24(8-10-25)19-18-16(29-23-19)3-2-6-22-18/h2-6,11,13H,7-10,12H2,1H3. The number of piperazine rings is 1. The average molecular weight is 414 g/mol. The van der Waals surface area contributed by atoms with E-state index in [1.165, 1.54) is 0 Å². The second-order valence-electron chi connectivity index (χ2n) is 7.26. The number of hydrogen-bond donors (Lipinski definition) is 0. The van der Waals surface area contributed by atoms with Crippen LogP contribution in [0.25, 0.3) is 11.1 Å². The summed E-state index contributed by atoms with van der Waals surface area (Å²) >= 11 is 6.08. The summed E-state index contributed by atoms with van der Waals surface area (Å²) in [6, 6.07) is 8.97. The molecule has 0 saturated carbocycles. The molecule has 9 heteroatoms. The maximum absolute atomic E-state index is 13.3. The van der Waals surface area contributed by atoms with Crippen LogP contribution in [0.1, 0.15) is 6.92 Å². The van der Waals surface area contributed by atoms with Gasteiger partial charge in [-0.15, -0.1) is 0 Å². The first-order chi connectivity index (χ1) is 14.1. The van der Waals surface area contributed by atoms with Crippen LogP contribution in [0.3, 0.4) is 0 Å². The SMILES string of the molecule is CC1COc2cc(Cl)ccc2N1C(=O)N1CCN(c2noc3cccnc23)CC1. The van der Waals surface area contributed by atoms with Crippen LogP contribution in [0.2, 0.25) is 5.02 Å². The van der Waals surface area contributed by atoms with Crippen LogP contribution in [-0.2, 0) is 0 Å². The summed E-state index contributed by atoms with van der Waals surface area (Å²) in [6.07, 6.45) is 1.73. The van der Waals surface area contributed by atoms with Crippen molar-refractivity contribution in [1.29, 1.82) is 0 Å². The molecule has 0 aliphatic carbocycles. The Balaban J connectivity index is 1.33. The summed E-state index contributed by atoms with van der Waals surface area (Å²) in [7, 11) is 0. The highest BCUT2D eigenvalue weighted by molar-refractivity contribution is 6.30. The number of amides is 2. The van der Waals surface area contributed by atoms with Crippen LogP contribution in [-0.4, -0.2) is 59.9 Å². The molecular weight excluding hydrogens is 394 g/mol. The van der Waals surface area contributed by atoms with Crippen molar-refractivity contribution in [2.45, 2.75) is 13.0 Å². The highest BCUT2D eigenvalue weighted by atomic mass is 35.5. The minimum Gasteiger partial charge on any atom is -0.489 e. The normalized spacial score (nSPS) is 19.2. The van der Waals surface area contributed by atoms with Gasteiger partial charge in [0.25, 0.3) is 0 Å². The molecule has 2 amide bonds. The predicted molar refractivity (Wildman–Crippen MR) is 110 cm³/mol. The van der Waals surface area contributed by atoms with Gasteiger partial charge in [0, 0.05) is 43.5 Å². The minimum absolute atomic E-state index is 0.0211. The molecule has 8 nitrogen and oxygen atoms in total. The van der Waals surface area contributed by atoms with Crippen molar-refractivity contribution in [2.75, 3.05) is 42.6 Å². The number of urea groups is 1. The molecule has 2 aromatic heterocycles. The number of pyridine rings is 1. The van der Waals surface area contributed by atoms with Gasteiger partial charge in [0.1, 0.15) is 12.4 Å². The van der Waals surface area contributed by atoms with Crippen LogP contribution in [0.15, 0.2) is 41.1 Å². The van der Waals surface area contributed by atoms with Gasteiger partial charge >= 0.3 is 6.03 Å². The Morgan fingerprint density at radius 3 is 2.86 bits per heavy atom. The minimum atomic E-state index is -0.0575. The summed E-state index contributed by atoms with van der Waals surface area (Å²) < 4.78 is 11.1. The lowest BCUT2D eigenvalue weighted by atomic mass is 10.1. The number of nitrogens with zero attached hydrogens (tertiary/aromatic N) is 5. The fraction of sp³-hybridized carbons (Fsp3) is 0.350. The molecule has 0 spiro atoms. The molecule has 0 radical (unpaired) electrons. The van der Waals surface area contributed by atoms with Gasteiger partial charge in [0.2, 0.25) is 0 Å². The number of benzene rings is 1. The largest absolute Gasteiger partial charge is 0.489 e. The number of fused-ring (bicyclic) bond motifs is 2. The number of hydrogen-bond acceptors (Lipinski definition) is 6. The summed E-state index contributed by atoms with van der Waals surface area (Å²) in [4.78, 5) is 23.5. The van der Waals surface area contributed by atoms with Gasteiger partial charge in [0.15, 0.2) is 16.9 Å². The Morgan fingerprint density at radius 1 is 1.21 bits per heavy atom. The molecular formula is C20H20ClN5O3. The molecule has 1 fully saturated rings. The molecule has 1 saturated heterocycles. The fourth-order valence-electron chi connectivity index (χ4n) is 3.85. The van der Waals surface area contributed by atoms with E-state index in [9.17, 15) is 4.79 Å². The lowest BCUT2D eigenvalue weighted by Crippen LogP contribution is -2.56. The highest BCUT2D eigenvalue weighted by Gasteiger charge is 2.34. The van der Waals surface area contributed by atoms with Crippen LogP contribution in [0.4, 0.5) is 16.3 Å². The zero-order chi connectivity index (χ0) is 20.0. The molecule has 0 bridgehead atoms. The lowest BCUT2D eigenvalue weighted by Gasteiger charge is -2.41. The maximum atomic E-state index is 13.3. The summed E-state index contributed by atoms with van der Waals surface area (Å²) in [5, 5.41) is 4.76. The number of carbonyl (C=O) groups is 1. The van der Waals surface area contributed by atoms with E-state index in [2.05, 4.69) is 15.0 Å². The number of halogens is 1. The Kier molecular flexibility index (Phi) is 4.43. The summed E-state index contributed by atoms with van der Waals surface area (Å²) in [5.41, 5.74) is 2.17. The maximum Gasteiger partial charge on any atom is 0.325 e. The van der Waals surface area contributed by atoms with E-state index in [4.69, 9.17) is 20.9 Å². The van der Waals surface area contributed by atoms with Gasteiger partial charge < -0.3 is 19.1 Å². The van der Waals surface area contributed by atoms with E-state index in [0.717, 1.165) is 17.0 Å². The van der Waals surface area contributed by atoms with Crippen LogP contribution in [0.5, 0.6) is 5.75 Å². The number of ether oxygens (including phenoxy) is 1. The first-order valence-corrected chi connectivity index (χ1v) is 9.95. The molecule has 4 heterocycles. The van der Waals surface area contributed by atoms with Crippen LogP contribution >= 0.6 is 11.6 Å². The number of anilines is 2. The van der Waals surface area contributed by atoms with Crippen molar-refractivity contribution < 1.29 is 14.1 Å². The van der Waals surface area contributed by atoms with E-state index in [-0.39, 0.29) is 12.1 Å². The summed E-state index contributed by atoms with van der Waals surface area (Å²) in [6.45, 7) is 4.93. The van der Waals surface area contributed by atoms with Crippen molar-refractivity contribution >= 4 is 40.2 Å². The molecule has 0 N–H and O–H groups in total. The quantitative estimate of drug-likeness (QED) is 0.608. The fourth-order valence-corrected chi connectivity index (χ4v) is 4.02. The zero-order valence-corrected chi connectivity index (χ0v) is 16.7. The third-order valence-electron chi connectivity index (χ3n) is 5.37. The number of carbonyl (C=O) groups excluding carboxylic acids is 1. The third kappa shape index (κ3) is 3.13. The van der Waals surface area contributed by atoms with E-state index in [1.807, 2.05) is 30.0 Å². The highest BCUT2D eigenvalue weighted by Crippen LogP contribution is 2.37. The van der Waals surface area contributed by atoms with E-state index in [0.29, 0.717) is 49.1 Å². The Morgan fingerprint density at radius 2 is 2.03 bits per heavy atom. The van der Waals surface area contributed by atoms with Crippen LogP contribution in [0, 0.1) is 0 Å². The Hall–Kier alpha value is -3.00. The van der Waals surface area contributed by atoms with E-state index >= 15 is 0 Å². The lowest BCUT2D eigenvalue weighted by molar-refractivity contribution is 0.190. The molecule has 1 atom stereocenters. The van der Waals surface area contributed by atoms with Gasteiger partial charge in [-0.2, -0.15) is 0 Å². The molecule has 2 aliphatic rings. The van der Waals surface area contributed by atoms with E-state index < -0.39 is 0 Å². The number of rotatable bonds is 1. The predicted octanol–water partition coefficient (Wildman–Crippen LogP) is 3.41. The first kappa shape index (κ1) is 18.1. The van der Waals surface area contributed by atoms with E-state index in [1.54, 1.807) is 23.2 Å². The van der Waals surface area contributed by atoms with Gasteiger partial charge in [-0.25, -0.2) is 9.78 Å². The van der Waals surface area contributed by atoms with Crippen molar-refractivity contribution in [2.24, 2.45) is 0 Å². The second kappa shape index (κ2) is 7.11. The van der Waals surface area contributed by atoms with Crippen molar-refractivity contribution in [3.8, 4) is 5.75 Å². The molecule has 5 rings (SSSR count). The van der Waals surface area contributed by atoms with Crippen molar-refractivity contribution in [3.05, 3.63) is 41.6 Å². The van der Waals surface area contributed by atoms with Crippen molar-refractivity contribution in [1.82, 2.24) is 15.0 Å². The molecule has 2 aliphatic heterocycles.